The molecule has 0 saturated heterocycles. The first-order chi connectivity index (χ1) is 7.23. The summed E-state index contributed by atoms with van der Waals surface area (Å²) >= 11 is 5.68. The summed E-state index contributed by atoms with van der Waals surface area (Å²) in [4.78, 5) is 0. The number of aromatic hydroxyl groups is 1. The smallest absolute Gasteiger partial charge is 0.414 e. The molecule has 0 amide bonds. The molecular formula is C10H10ClF3O2. The second-order valence-corrected chi connectivity index (χ2v) is 3.89. The van der Waals surface area contributed by atoms with Crippen molar-refractivity contribution in [2.45, 2.75) is 25.1 Å². The highest BCUT2D eigenvalue weighted by Crippen LogP contribution is 2.35. The Bertz CT molecular complexity index is 379. The van der Waals surface area contributed by atoms with Gasteiger partial charge in [0.25, 0.3) is 0 Å². The normalized spacial score (nSPS) is 15.9. The van der Waals surface area contributed by atoms with Crippen LogP contribution in [0.4, 0.5) is 13.2 Å². The summed E-state index contributed by atoms with van der Waals surface area (Å²) in [6.07, 6.45) is -7.17. The minimum Gasteiger partial charge on any atom is -0.508 e. The van der Waals surface area contributed by atoms with Gasteiger partial charge in [-0.15, -0.1) is 0 Å². The Kier molecular flexibility index (Phi) is 3.70. The minimum absolute atomic E-state index is 0.00389. The van der Waals surface area contributed by atoms with Crippen LogP contribution in [-0.4, -0.2) is 22.5 Å². The molecule has 0 aliphatic rings. The zero-order chi connectivity index (χ0) is 12.5. The summed E-state index contributed by atoms with van der Waals surface area (Å²) in [7, 11) is 0. The maximum absolute atomic E-state index is 12.3. The maximum atomic E-state index is 12.3. The fourth-order valence-electron chi connectivity index (χ4n) is 1.34. The van der Waals surface area contributed by atoms with Gasteiger partial charge < -0.3 is 10.2 Å². The number of phenols is 1. The number of aliphatic hydroxyl groups is 1. The molecule has 0 saturated carbocycles. The van der Waals surface area contributed by atoms with Gasteiger partial charge in [-0.25, -0.2) is 0 Å². The van der Waals surface area contributed by atoms with E-state index in [0.29, 0.717) is 0 Å². The lowest BCUT2D eigenvalue weighted by Gasteiger charge is -2.22. The fraction of sp³-hybridized carbons (Fsp3) is 0.400. The van der Waals surface area contributed by atoms with E-state index in [1.165, 1.54) is 19.1 Å². The second-order valence-electron chi connectivity index (χ2n) is 3.48. The van der Waals surface area contributed by atoms with Crippen molar-refractivity contribution in [1.82, 2.24) is 0 Å². The van der Waals surface area contributed by atoms with Gasteiger partial charge in [0.2, 0.25) is 0 Å². The zero-order valence-electron chi connectivity index (χ0n) is 8.29. The van der Waals surface area contributed by atoms with Gasteiger partial charge in [0.1, 0.15) is 5.75 Å². The highest BCUT2D eigenvalue weighted by atomic mass is 35.5. The predicted molar refractivity (Wildman–Crippen MR) is 53.6 cm³/mol. The molecule has 1 aromatic rings. The summed E-state index contributed by atoms with van der Waals surface area (Å²) in [5.74, 6) is -1.32. The van der Waals surface area contributed by atoms with Crippen molar-refractivity contribution in [2.24, 2.45) is 0 Å². The van der Waals surface area contributed by atoms with E-state index in [1.807, 2.05) is 0 Å². The van der Waals surface area contributed by atoms with Crippen LogP contribution in [-0.2, 0) is 0 Å². The van der Waals surface area contributed by atoms with E-state index >= 15 is 0 Å². The highest BCUT2D eigenvalue weighted by Gasteiger charge is 2.42. The number of hydrogen-bond donors (Lipinski definition) is 2. The molecule has 2 nitrogen and oxygen atoms in total. The molecule has 0 aliphatic heterocycles. The Morgan fingerprint density at radius 1 is 1.31 bits per heavy atom. The second kappa shape index (κ2) is 4.51. The van der Waals surface area contributed by atoms with Crippen LogP contribution in [0.15, 0.2) is 18.2 Å². The van der Waals surface area contributed by atoms with Crippen molar-refractivity contribution in [3.63, 3.8) is 0 Å². The number of rotatable bonds is 2. The van der Waals surface area contributed by atoms with Crippen LogP contribution in [0.1, 0.15) is 18.4 Å². The molecule has 0 spiro atoms. The van der Waals surface area contributed by atoms with Gasteiger partial charge in [0.15, 0.2) is 6.10 Å². The van der Waals surface area contributed by atoms with Crippen LogP contribution in [0.25, 0.3) is 0 Å². The van der Waals surface area contributed by atoms with E-state index in [9.17, 15) is 13.2 Å². The number of hydrogen-bond acceptors (Lipinski definition) is 2. The van der Waals surface area contributed by atoms with Crippen molar-refractivity contribution in [3.8, 4) is 5.75 Å². The molecule has 1 rings (SSSR count). The fourth-order valence-corrected chi connectivity index (χ4v) is 1.69. The summed E-state index contributed by atoms with van der Waals surface area (Å²) in [6.45, 7) is 1.22. The molecule has 16 heavy (non-hydrogen) atoms. The molecule has 1 aromatic carbocycles. The molecule has 0 fully saturated rings. The minimum atomic E-state index is -4.69. The highest BCUT2D eigenvalue weighted by molar-refractivity contribution is 6.31. The van der Waals surface area contributed by atoms with Gasteiger partial charge in [0, 0.05) is 10.9 Å². The van der Waals surface area contributed by atoms with Crippen molar-refractivity contribution in [2.75, 3.05) is 0 Å². The average molecular weight is 255 g/mol. The van der Waals surface area contributed by atoms with E-state index in [0.717, 1.165) is 6.07 Å². The van der Waals surface area contributed by atoms with Crippen LogP contribution >= 0.6 is 11.6 Å². The van der Waals surface area contributed by atoms with Crippen LogP contribution in [0.2, 0.25) is 5.02 Å². The Morgan fingerprint density at radius 2 is 1.88 bits per heavy atom. The third-order valence-corrected chi connectivity index (χ3v) is 2.61. The number of phenolic OH excluding ortho intramolecular Hbond substituents is 1. The first-order valence-corrected chi connectivity index (χ1v) is 4.84. The van der Waals surface area contributed by atoms with Gasteiger partial charge >= 0.3 is 6.18 Å². The van der Waals surface area contributed by atoms with Crippen molar-refractivity contribution >= 4 is 11.6 Å². The monoisotopic (exact) mass is 254 g/mol. The molecule has 0 aromatic heterocycles. The first kappa shape index (κ1) is 13.1. The Hall–Kier alpha value is -0.940. The van der Waals surface area contributed by atoms with Crippen molar-refractivity contribution in [3.05, 3.63) is 28.8 Å². The Labute approximate surface area is 95.3 Å². The van der Waals surface area contributed by atoms with Gasteiger partial charge in [-0.2, -0.15) is 13.2 Å². The van der Waals surface area contributed by atoms with Crippen LogP contribution in [0.3, 0.4) is 0 Å². The van der Waals surface area contributed by atoms with Crippen molar-refractivity contribution < 1.29 is 23.4 Å². The summed E-state index contributed by atoms with van der Waals surface area (Å²) in [6, 6.07) is 3.62. The quantitative estimate of drug-likeness (QED) is 0.852. The third-order valence-electron chi connectivity index (χ3n) is 2.28. The molecule has 90 valence electrons. The molecule has 0 aliphatic carbocycles. The Morgan fingerprint density at radius 3 is 2.31 bits per heavy atom. The number of benzene rings is 1. The van der Waals surface area contributed by atoms with E-state index < -0.39 is 18.2 Å². The zero-order valence-corrected chi connectivity index (χ0v) is 9.05. The molecule has 0 heterocycles. The summed E-state index contributed by atoms with van der Waals surface area (Å²) in [5, 5.41) is 18.1. The summed E-state index contributed by atoms with van der Waals surface area (Å²) in [5.41, 5.74) is 0.143. The first-order valence-electron chi connectivity index (χ1n) is 4.46. The molecule has 2 N–H and O–H groups in total. The van der Waals surface area contributed by atoms with Gasteiger partial charge in [-0.05, 0) is 17.7 Å². The van der Waals surface area contributed by atoms with E-state index in [-0.39, 0.29) is 16.3 Å². The lowest BCUT2D eigenvalue weighted by atomic mass is 9.95. The number of alkyl halides is 3. The SMILES string of the molecule is CC(c1ccc(O)cc1Cl)C(O)C(F)(F)F. The lowest BCUT2D eigenvalue weighted by Crippen LogP contribution is -2.33. The van der Waals surface area contributed by atoms with Gasteiger partial charge in [-0.1, -0.05) is 24.6 Å². The largest absolute Gasteiger partial charge is 0.508 e. The standard InChI is InChI=1S/C10H10ClF3O2/c1-5(9(16)10(12,13)14)7-3-2-6(15)4-8(7)11/h2-5,9,15-16H,1H3. The molecular weight excluding hydrogens is 245 g/mol. The lowest BCUT2D eigenvalue weighted by molar-refractivity contribution is -0.209. The molecule has 2 atom stereocenters. The number of aliphatic hydroxyl groups excluding tert-OH is 1. The van der Waals surface area contributed by atoms with E-state index in [2.05, 4.69) is 0 Å². The van der Waals surface area contributed by atoms with E-state index in [4.69, 9.17) is 21.8 Å². The molecule has 6 heteroatoms. The van der Waals surface area contributed by atoms with Gasteiger partial charge in [-0.3, -0.25) is 0 Å². The van der Waals surface area contributed by atoms with Crippen LogP contribution in [0.5, 0.6) is 5.75 Å². The number of halogens is 4. The topological polar surface area (TPSA) is 40.5 Å². The molecule has 0 radical (unpaired) electrons. The van der Waals surface area contributed by atoms with Crippen molar-refractivity contribution in [1.29, 1.82) is 0 Å². The molecule has 2 unspecified atom stereocenters. The van der Waals surface area contributed by atoms with Crippen LogP contribution < -0.4 is 0 Å². The predicted octanol–water partition coefficient (Wildman–Crippen LogP) is 3.07. The summed E-state index contributed by atoms with van der Waals surface area (Å²) < 4.78 is 36.8. The third kappa shape index (κ3) is 2.80. The Balaban J connectivity index is 3.01. The maximum Gasteiger partial charge on any atom is 0.414 e. The van der Waals surface area contributed by atoms with Gasteiger partial charge in [0.05, 0.1) is 0 Å². The average Bonchev–Trinajstić information content (AvgIpc) is 2.14. The van der Waals surface area contributed by atoms with Crippen LogP contribution in [0, 0.1) is 0 Å². The van der Waals surface area contributed by atoms with E-state index in [1.54, 1.807) is 0 Å². The molecule has 0 bridgehead atoms.